The molecule has 0 heterocycles. The van der Waals surface area contributed by atoms with Crippen LogP contribution in [0.4, 0.5) is 11.4 Å². The third-order valence-electron chi connectivity index (χ3n) is 2.36. The fourth-order valence-electron chi connectivity index (χ4n) is 1.42. The fourth-order valence-corrected chi connectivity index (χ4v) is 1.79. The van der Waals surface area contributed by atoms with E-state index in [4.69, 9.17) is 17.3 Å². The Morgan fingerprint density at radius 3 is 2.44 bits per heavy atom. The number of halogens is 2. The lowest BCUT2D eigenvalue weighted by molar-refractivity contribution is 0.102. The van der Waals surface area contributed by atoms with E-state index in [1.807, 2.05) is 0 Å². The Hall–Kier alpha value is -1.52. The topological polar surface area (TPSA) is 55.1 Å². The van der Waals surface area contributed by atoms with Gasteiger partial charge in [0.25, 0.3) is 5.91 Å². The van der Waals surface area contributed by atoms with E-state index >= 15 is 0 Å². The van der Waals surface area contributed by atoms with Gasteiger partial charge in [0.15, 0.2) is 0 Å². The van der Waals surface area contributed by atoms with Gasteiger partial charge in [-0.3, -0.25) is 4.79 Å². The van der Waals surface area contributed by atoms with Crippen molar-refractivity contribution in [3.05, 3.63) is 57.5 Å². The summed E-state index contributed by atoms with van der Waals surface area (Å²) in [6.07, 6.45) is 0. The summed E-state index contributed by atoms with van der Waals surface area (Å²) < 4.78 is 0.769. The fraction of sp³-hybridized carbons (Fsp3) is 0. The van der Waals surface area contributed by atoms with Crippen molar-refractivity contribution < 1.29 is 4.79 Å². The molecule has 0 fully saturated rings. The summed E-state index contributed by atoms with van der Waals surface area (Å²) in [6.45, 7) is 0. The molecular weight excluding hydrogens is 316 g/mol. The highest BCUT2D eigenvalue weighted by molar-refractivity contribution is 9.10. The molecule has 0 radical (unpaired) electrons. The molecule has 3 nitrogen and oxygen atoms in total. The third kappa shape index (κ3) is 3.03. The molecular formula is C13H10BrClN2O. The first-order valence-corrected chi connectivity index (χ1v) is 6.35. The van der Waals surface area contributed by atoms with Gasteiger partial charge in [-0.2, -0.15) is 0 Å². The SMILES string of the molecule is Nc1cc(C(=O)Nc2ccc(Cl)cc2)ccc1Br. The van der Waals surface area contributed by atoms with E-state index in [2.05, 4.69) is 21.2 Å². The molecule has 5 heteroatoms. The van der Waals surface area contributed by atoms with E-state index in [1.54, 1.807) is 42.5 Å². The number of anilines is 2. The average molecular weight is 326 g/mol. The van der Waals surface area contributed by atoms with Crippen LogP contribution in [0, 0.1) is 0 Å². The first kappa shape index (κ1) is 12.9. The zero-order chi connectivity index (χ0) is 13.1. The first-order valence-electron chi connectivity index (χ1n) is 5.18. The Morgan fingerprint density at radius 1 is 1.17 bits per heavy atom. The molecule has 0 saturated heterocycles. The van der Waals surface area contributed by atoms with E-state index in [0.717, 1.165) is 4.47 Å². The van der Waals surface area contributed by atoms with Crippen LogP contribution in [0.15, 0.2) is 46.9 Å². The Balaban J connectivity index is 2.16. The number of benzene rings is 2. The quantitative estimate of drug-likeness (QED) is 0.822. The van der Waals surface area contributed by atoms with Gasteiger partial charge >= 0.3 is 0 Å². The van der Waals surface area contributed by atoms with Crippen molar-refractivity contribution in [1.29, 1.82) is 0 Å². The number of hydrogen-bond donors (Lipinski definition) is 2. The van der Waals surface area contributed by atoms with Crippen molar-refractivity contribution >= 4 is 44.8 Å². The van der Waals surface area contributed by atoms with Crippen molar-refractivity contribution in [2.45, 2.75) is 0 Å². The molecule has 0 saturated carbocycles. The molecule has 2 aromatic carbocycles. The second kappa shape index (κ2) is 5.42. The summed E-state index contributed by atoms with van der Waals surface area (Å²) in [5, 5.41) is 3.39. The Morgan fingerprint density at radius 2 is 1.83 bits per heavy atom. The summed E-state index contributed by atoms with van der Waals surface area (Å²) >= 11 is 9.05. The minimum Gasteiger partial charge on any atom is -0.398 e. The van der Waals surface area contributed by atoms with Gasteiger partial charge < -0.3 is 11.1 Å². The minimum absolute atomic E-state index is 0.212. The standard InChI is InChI=1S/C13H10BrClN2O/c14-11-6-1-8(7-12(11)16)13(18)17-10-4-2-9(15)3-5-10/h1-7H,16H2,(H,17,18). The summed E-state index contributed by atoms with van der Waals surface area (Å²) in [5.41, 5.74) is 7.45. The van der Waals surface area contributed by atoms with Crippen LogP contribution in [0.2, 0.25) is 5.02 Å². The summed E-state index contributed by atoms with van der Waals surface area (Å²) in [6, 6.07) is 12.0. The average Bonchev–Trinajstić information content (AvgIpc) is 2.35. The molecule has 2 aromatic rings. The zero-order valence-electron chi connectivity index (χ0n) is 9.28. The predicted octanol–water partition coefficient (Wildman–Crippen LogP) is 3.94. The number of nitrogens with one attached hydrogen (secondary N) is 1. The van der Waals surface area contributed by atoms with Crippen molar-refractivity contribution in [3.8, 4) is 0 Å². The van der Waals surface area contributed by atoms with Crippen LogP contribution in [0.5, 0.6) is 0 Å². The zero-order valence-corrected chi connectivity index (χ0v) is 11.6. The van der Waals surface area contributed by atoms with Gasteiger partial charge in [0, 0.05) is 26.4 Å². The molecule has 2 rings (SSSR count). The number of hydrogen-bond acceptors (Lipinski definition) is 2. The molecule has 0 aliphatic carbocycles. The highest BCUT2D eigenvalue weighted by Gasteiger charge is 2.07. The maximum absolute atomic E-state index is 11.9. The molecule has 1 amide bonds. The van der Waals surface area contributed by atoms with Crippen LogP contribution in [-0.4, -0.2) is 5.91 Å². The Bertz CT molecular complexity index is 584. The number of nitrogen functional groups attached to an aromatic ring is 1. The molecule has 0 atom stereocenters. The summed E-state index contributed by atoms with van der Waals surface area (Å²) in [4.78, 5) is 11.9. The van der Waals surface area contributed by atoms with Crippen molar-refractivity contribution in [2.75, 3.05) is 11.1 Å². The van der Waals surface area contributed by atoms with Crippen LogP contribution in [0.1, 0.15) is 10.4 Å². The minimum atomic E-state index is -0.212. The smallest absolute Gasteiger partial charge is 0.255 e. The summed E-state index contributed by atoms with van der Waals surface area (Å²) in [5.74, 6) is -0.212. The molecule has 0 spiro atoms. The van der Waals surface area contributed by atoms with Gasteiger partial charge in [0.1, 0.15) is 0 Å². The van der Waals surface area contributed by atoms with Crippen molar-refractivity contribution in [2.24, 2.45) is 0 Å². The third-order valence-corrected chi connectivity index (χ3v) is 3.33. The lowest BCUT2D eigenvalue weighted by atomic mass is 10.2. The number of carbonyl (C=O) groups excluding carboxylic acids is 1. The van der Waals surface area contributed by atoms with E-state index in [0.29, 0.717) is 22.0 Å². The van der Waals surface area contributed by atoms with E-state index in [-0.39, 0.29) is 5.91 Å². The van der Waals surface area contributed by atoms with Crippen molar-refractivity contribution in [3.63, 3.8) is 0 Å². The van der Waals surface area contributed by atoms with Gasteiger partial charge in [0.2, 0.25) is 0 Å². The maximum atomic E-state index is 11.9. The number of rotatable bonds is 2. The molecule has 0 bridgehead atoms. The molecule has 3 N–H and O–H groups in total. The van der Waals surface area contributed by atoms with Crippen LogP contribution < -0.4 is 11.1 Å². The second-order valence-corrected chi connectivity index (χ2v) is 4.99. The van der Waals surface area contributed by atoms with Crippen LogP contribution in [0.3, 0.4) is 0 Å². The van der Waals surface area contributed by atoms with Gasteiger partial charge in [0.05, 0.1) is 0 Å². The Kier molecular flexibility index (Phi) is 3.89. The Labute approximate surface area is 118 Å². The second-order valence-electron chi connectivity index (χ2n) is 3.70. The van der Waals surface area contributed by atoms with Crippen LogP contribution in [-0.2, 0) is 0 Å². The van der Waals surface area contributed by atoms with E-state index in [1.165, 1.54) is 0 Å². The molecule has 0 aliphatic rings. The lowest BCUT2D eigenvalue weighted by Gasteiger charge is -2.06. The highest BCUT2D eigenvalue weighted by atomic mass is 79.9. The molecule has 0 aliphatic heterocycles. The normalized spacial score (nSPS) is 10.1. The number of nitrogens with two attached hydrogens (primary N) is 1. The lowest BCUT2D eigenvalue weighted by Crippen LogP contribution is -2.12. The molecule has 0 aromatic heterocycles. The number of amides is 1. The van der Waals surface area contributed by atoms with Gasteiger partial charge in [-0.1, -0.05) is 11.6 Å². The van der Waals surface area contributed by atoms with Crippen LogP contribution >= 0.6 is 27.5 Å². The highest BCUT2D eigenvalue weighted by Crippen LogP contribution is 2.21. The van der Waals surface area contributed by atoms with Gasteiger partial charge in [-0.25, -0.2) is 0 Å². The largest absolute Gasteiger partial charge is 0.398 e. The number of carbonyl (C=O) groups is 1. The van der Waals surface area contributed by atoms with Gasteiger partial charge in [-0.15, -0.1) is 0 Å². The predicted molar refractivity (Wildman–Crippen MR) is 78.0 cm³/mol. The monoisotopic (exact) mass is 324 g/mol. The van der Waals surface area contributed by atoms with Crippen LogP contribution in [0.25, 0.3) is 0 Å². The van der Waals surface area contributed by atoms with Gasteiger partial charge in [-0.05, 0) is 58.4 Å². The van der Waals surface area contributed by atoms with E-state index in [9.17, 15) is 4.79 Å². The maximum Gasteiger partial charge on any atom is 0.255 e. The van der Waals surface area contributed by atoms with E-state index < -0.39 is 0 Å². The molecule has 0 unspecified atom stereocenters. The van der Waals surface area contributed by atoms with Crippen molar-refractivity contribution in [1.82, 2.24) is 0 Å². The first-order chi connectivity index (χ1) is 8.56. The molecule has 18 heavy (non-hydrogen) atoms. The summed E-state index contributed by atoms with van der Waals surface area (Å²) in [7, 11) is 0. The molecule has 92 valence electrons.